The molecule has 1 unspecified atom stereocenters. The lowest BCUT2D eigenvalue weighted by Crippen LogP contribution is -2.11. The van der Waals surface area contributed by atoms with Crippen LogP contribution in [0.2, 0.25) is 0 Å². The number of ketones is 1. The van der Waals surface area contributed by atoms with Crippen molar-refractivity contribution >= 4 is 5.78 Å². The number of hydrogen-bond acceptors (Lipinski definition) is 3. The first kappa shape index (κ1) is 13.4. The molecular weight excluding hydrogens is 212 g/mol. The van der Waals surface area contributed by atoms with Crippen LogP contribution in [0.4, 0.5) is 0 Å². The highest BCUT2D eigenvalue weighted by molar-refractivity contribution is 5.87. The highest BCUT2D eigenvalue weighted by Crippen LogP contribution is 2.16. The molecule has 0 N–H and O–H groups in total. The van der Waals surface area contributed by atoms with E-state index in [9.17, 15) is 4.79 Å². The van der Waals surface area contributed by atoms with Gasteiger partial charge in [-0.15, -0.1) is 0 Å². The summed E-state index contributed by atoms with van der Waals surface area (Å²) in [5.74, 6) is -0.708. The molecule has 1 aromatic rings. The molecule has 1 rings (SSSR count). The molecule has 1 heterocycles. The first-order valence-electron chi connectivity index (χ1n) is 6.12. The maximum Gasteiger partial charge on any atom is 0.156 e. The SMILES string of the molecule is CCCCCCC(=O)C(C#N)c1ccccn1. The van der Waals surface area contributed by atoms with Gasteiger partial charge in [-0.25, -0.2) is 0 Å². The van der Waals surface area contributed by atoms with Gasteiger partial charge in [0, 0.05) is 12.6 Å². The maximum absolute atomic E-state index is 11.9. The zero-order valence-electron chi connectivity index (χ0n) is 10.2. The molecule has 1 aromatic heterocycles. The van der Waals surface area contributed by atoms with Gasteiger partial charge in [-0.3, -0.25) is 9.78 Å². The van der Waals surface area contributed by atoms with Gasteiger partial charge in [-0.05, 0) is 18.6 Å². The third-order valence-corrected chi connectivity index (χ3v) is 2.71. The third kappa shape index (κ3) is 4.36. The van der Waals surface area contributed by atoms with Crippen LogP contribution in [0.25, 0.3) is 0 Å². The van der Waals surface area contributed by atoms with E-state index in [2.05, 4.69) is 11.9 Å². The van der Waals surface area contributed by atoms with Crippen LogP contribution < -0.4 is 0 Å². The molecule has 3 heteroatoms. The number of unbranched alkanes of at least 4 members (excludes halogenated alkanes) is 3. The number of Topliss-reactive ketones (excluding diaryl/α,β-unsaturated/α-hetero) is 1. The van der Waals surface area contributed by atoms with Gasteiger partial charge in [-0.2, -0.15) is 5.26 Å². The molecule has 0 saturated carbocycles. The number of aromatic nitrogens is 1. The van der Waals surface area contributed by atoms with Gasteiger partial charge in [0.2, 0.25) is 0 Å². The van der Waals surface area contributed by atoms with Gasteiger partial charge in [0.05, 0.1) is 11.8 Å². The van der Waals surface area contributed by atoms with E-state index < -0.39 is 5.92 Å². The van der Waals surface area contributed by atoms with Crippen LogP contribution in [-0.4, -0.2) is 10.8 Å². The normalized spacial score (nSPS) is 11.8. The number of nitriles is 1. The van der Waals surface area contributed by atoms with Crippen LogP contribution in [0.3, 0.4) is 0 Å². The lowest BCUT2D eigenvalue weighted by Gasteiger charge is -2.06. The van der Waals surface area contributed by atoms with Crippen LogP contribution in [0.5, 0.6) is 0 Å². The Labute approximate surface area is 102 Å². The van der Waals surface area contributed by atoms with E-state index in [4.69, 9.17) is 5.26 Å². The van der Waals surface area contributed by atoms with E-state index in [-0.39, 0.29) is 5.78 Å². The van der Waals surface area contributed by atoms with Crippen molar-refractivity contribution < 1.29 is 4.79 Å². The summed E-state index contributed by atoms with van der Waals surface area (Å²) in [4.78, 5) is 15.9. The van der Waals surface area contributed by atoms with E-state index in [1.165, 1.54) is 0 Å². The second-order valence-electron chi connectivity index (χ2n) is 4.09. The summed E-state index contributed by atoms with van der Waals surface area (Å²) in [6.45, 7) is 2.13. The molecule has 17 heavy (non-hydrogen) atoms. The Bertz CT molecular complexity index is 381. The van der Waals surface area contributed by atoms with Crippen LogP contribution in [0.15, 0.2) is 24.4 Å². The molecule has 0 amide bonds. The molecule has 3 nitrogen and oxygen atoms in total. The number of nitrogens with zero attached hydrogens (tertiary/aromatic N) is 2. The Balaban J connectivity index is 2.52. The summed E-state index contributed by atoms with van der Waals surface area (Å²) >= 11 is 0. The highest BCUT2D eigenvalue weighted by Gasteiger charge is 2.20. The third-order valence-electron chi connectivity index (χ3n) is 2.71. The Morgan fingerprint density at radius 2 is 2.24 bits per heavy atom. The average Bonchev–Trinajstić information content (AvgIpc) is 2.37. The quantitative estimate of drug-likeness (QED) is 0.676. The summed E-state index contributed by atoms with van der Waals surface area (Å²) in [5, 5.41) is 9.04. The van der Waals surface area contributed by atoms with Crippen molar-refractivity contribution in [3.63, 3.8) is 0 Å². The van der Waals surface area contributed by atoms with Crippen molar-refractivity contribution in [3.05, 3.63) is 30.1 Å². The molecule has 0 aliphatic heterocycles. The predicted molar refractivity (Wildman–Crippen MR) is 66.4 cm³/mol. The summed E-state index contributed by atoms with van der Waals surface area (Å²) in [7, 11) is 0. The van der Waals surface area contributed by atoms with Crippen LogP contribution in [0, 0.1) is 11.3 Å². The fraction of sp³-hybridized carbons (Fsp3) is 0.500. The molecule has 0 aromatic carbocycles. The number of carbonyl (C=O) groups excluding carboxylic acids is 1. The van der Waals surface area contributed by atoms with Gasteiger partial charge in [0.15, 0.2) is 5.78 Å². The average molecular weight is 230 g/mol. The maximum atomic E-state index is 11.9. The molecule has 0 spiro atoms. The van der Waals surface area contributed by atoms with Crippen molar-refractivity contribution in [3.8, 4) is 6.07 Å². The highest BCUT2D eigenvalue weighted by atomic mass is 16.1. The Hall–Kier alpha value is -1.69. The van der Waals surface area contributed by atoms with Crippen molar-refractivity contribution in [2.45, 2.75) is 44.9 Å². The molecule has 90 valence electrons. The van der Waals surface area contributed by atoms with Gasteiger partial charge >= 0.3 is 0 Å². The predicted octanol–water partition coefficient (Wildman–Crippen LogP) is 3.23. The van der Waals surface area contributed by atoms with E-state index in [1.54, 1.807) is 24.4 Å². The van der Waals surface area contributed by atoms with E-state index in [0.29, 0.717) is 12.1 Å². The lowest BCUT2D eigenvalue weighted by molar-refractivity contribution is -0.119. The van der Waals surface area contributed by atoms with Crippen molar-refractivity contribution in [2.24, 2.45) is 0 Å². The summed E-state index contributed by atoms with van der Waals surface area (Å²) < 4.78 is 0. The molecular formula is C14H18N2O. The monoisotopic (exact) mass is 230 g/mol. The zero-order chi connectivity index (χ0) is 12.5. The molecule has 0 saturated heterocycles. The molecule has 0 fully saturated rings. The standard InChI is InChI=1S/C14H18N2O/c1-2-3-4-5-9-14(17)12(11-15)13-8-6-7-10-16-13/h6-8,10,12H,2-5,9H2,1H3. The number of carbonyl (C=O) groups is 1. The van der Waals surface area contributed by atoms with Crippen molar-refractivity contribution in [1.82, 2.24) is 4.98 Å². The lowest BCUT2D eigenvalue weighted by atomic mass is 9.96. The minimum Gasteiger partial charge on any atom is -0.298 e. The Morgan fingerprint density at radius 1 is 1.41 bits per heavy atom. The Morgan fingerprint density at radius 3 is 2.82 bits per heavy atom. The minimum absolute atomic E-state index is 0.0118. The molecule has 0 radical (unpaired) electrons. The van der Waals surface area contributed by atoms with Crippen LogP contribution in [-0.2, 0) is 4.79 Å². The second-order valence-corrected chi connectivity index (χ2v) is 4.09. The van der Waals surface area contributed by atoms with E-state index in [0.717, 1.165) is 25.7 Å². The van der Waals surface area contributed by atoms with E-state index >= 15 is 0 Å². The fourth-order valence-corrected chi connectivity index (χ4v) is 1.72. The van der Waals surface area contributed by atoms with E-state index in [1.807, 2.05) is 6.07 Å². The zero-order valence-corrected chi connectivity index (χ0v) is 10.2. The molecule has 1 atom stereocenters. The largest absolute Gasteiger partial charge is 0.298 e. The second kappa shape index (κ2) is 7.56. The molecule has 0 aliphatic rings. The summed E-state index contributed by atoms with van der Waals surface area (Å²) in [6, 6.07) is 7.36. The number of rotatable bonds is 7. The first-order valence-corrected chi connectivity index (χ1v) is 6.12. The van der Waals surface area contributed by atoms with Crippen molar-refractivity contribution in [1.29, 1.82) is 5.26 Å². The first-order chi connectivity index (χ1) is 8.29. The number of hydrogen-bond donors (Lipinski definition) is 0. The van der Waals surface area contributed by atoms with Gasteiger partial charge < -0.3 is 0 Å². The Kier molecular flexibility index (Phi) is 5.95. The smallest absolute Gasteiger partial charge is 0.156 e. The molecule has 0 bridgehead atoms. The van der Waals surface area contributed by atoms with Crippen LogP contribution in [0.1, 0.15) is 50.6 Å². The van der Waals surface area contributed by atoms with Crippen molar-refractivity contribution in [2.75, 3.05) is 0 Å². The summed E-state index contributed by atoms with van der Waals surface area (Å²) in [5.41, 5.74) is 0.565. The van der Waals surface area contributed by atoms with Crippen LogP contribution >= 0.6 is 0 Å². The van der Waals surface area contributed by atoms with Gasteiger partial charge in [0.25, 0.3) is 0 Å². The summed E-state index contributed by atoms with van der Waals surface area (Å²) in [6.07, 6.45) is 6.32. The fourth-order valence-electron chi connectivity index (χ4n) is 1.72. The minimum atomic E-state index is -0.696. The van der Waals surface area contributed by atoms with Gasteiger partial charge in [0.1, 0.15) is 5.92 Å². The van der Waals surface area contributed by atoms with Gasteiger partial charge in [-0.1, -0.05) is 32.3 Å². The molecule has 0 aliphatic carbocycles. The number of pyridine rings is 1. The topological polar surface area (TPSA) is 53.8 Å².